The molecule has 0 atom stereocenters. The van der Waals surface area contributed by atoms with E-state index in [9.17, 15) is 10.1 Å². The zero-order chi connectivity index (χ0) is 18.0. The first-order valence-corrected chi connectivity index (χ1v) is 9.15. The maximum Gasteiger partial charge on any atom is 0.289 e. The van der Waals surface area contributed by atoms with Gasteiger partial charge in [0.25, 0.3) is 5.56 Å². The van der Waals surface area contributed by atoms with Gasteiger partial charge in [-0.05, 0) is 55.1 Å². The molecule has 0 amide bonds. The number of methoxy groups -OCH3 is 1. The first-order chi connectivity index (χ1) is 12.0. The highest BCUT2D eigenvalue weighted by Gasteiger charge is 2.17. The molecular weight excluding hydrogens is 354 g/mol. The average Bonchev–Trinajstić information content (AvgIpc) is 3.03. The molecule has 1 aromatic carbocycles. The van der Waals surface area contributed by atoms with Gasteiger partial charge in [-0.25, -0.2) is 0 Å². The highest BCUT2D eigenvalue weighted by atomic mass is 32.2. The molecule has 0 saturated carbocycles. The van der Waals surface area contributed by atoms with Crippen molar-refractivity contribution in [2.45, 2.75) is 23.1 Å². The summed E-state index contributed by atoms with van der Waals surface area (Å²) in [6, 6.07) is 11.1. The van der Waals surface area contributed by atoms with Crippen molar-refractivity contribution < 1.29 is 4.74 Å². The van der Waals surface area contributed by atoms with Gasteiger partial charge in [0, 0.05) is 5.56 Å². The van der Waals surface area contributed by atoms with Crippen molar-refractivity contribution in [2.24, 2.45) is 0 Å². The summed E-state index contributed by atoms with van der Waals surface area (Å²) in [4.78, 5) is 12.6. The topological polar surface area (TPSA) is 67.9 Å². The van der Waals surface area contributed by atoms with Crippen LogP contribution in [-0.2, 0) is 0 Å². The van der Waals surface area contributed by atoms with Gasteiger partial charge >= 0.3 is 0 Å². The van der Waals surface area contributed by atoms with E-state index in [1.807, 2.05) is 24.4 Å². The third kappa shape index (κ3) is 3.31. The number of hydrogen-bond donors (Lipinski definition) is 0. The quantitative estimate of drug-likeness (QED) is 0.697. The van der Waals surface area contributed by atoms with Crippen LogP contribution in [0.3, 0.4) is 0 Å². The molecule has 7 heteroatoms. The van der Waals surface area contributed by atoms with Crippen LogP contribution in [0.4, 0.5) is 0 Å². The summed E-state index contributed by atoms with van der Waals surface area (Å²) in [5.41, 5.74) is 2.04. The fraction of sp³-hybridized carbons (Fsp3) is 0.167. The van der Waals surface area contributed by atoms with Gasteiger partial charge in [0.05, 0.1) is 17.0 Å². The Bertz CT molecular complexity index is 1010. The van der Waals surface area contributed by atoms with Gasteiger partial charge in [-0.15, -0.1) is 11.3 Å². The predicted molar refractivity (Wildman–Crippen MR) is 99.0 cm³/mol. The van der Waals surface area contributed by atoms with Crippen molar-refractivity contribution in [1.82, 2.24) is 9.78 Å². The van der Waals surface area contributed by atoms with Crippen molar-refractivity contribution in [1.29, 1.82) is 5.26 Å². The van der Waals surface area contributed by atoms with Gasteiger partial charge in [-0.3, -0.25) is 4.79 Å². The number of ether oxygens (including phenoxy) is 1. The van der Waals surface area contributed by atoms with E-state index < -0.39 is 5.56 Å². The van der Waals surface area contributed by atoms with E-state index in [-0.39, 0.29) is 5.56 Å². The number of nitriles is 1. The molecule has 3 rings (SSSR count). The van der Waals surface area contributed by atoms with E-state index in [1.54, 1.807) is 49.6 Å². The molecule has 0 N–H and O–H groups in total. The third-order valence-electron chi connectivity index (χ3n) is 3.73. The van der Waals surface area contributed by atoms with Gasteiger partial charge in [0.2, 0.25) is 0 Å². The number of thiophene rings is 1. The van der Waals surface area contributed by atoms with Gasteiger partial charge in [0.1, 0.15) is 22.4 Å². The molecule has 0 aliphatic rings. The molecule has 2 heterocycles. The smallest absolute Gasteiger partial charge is 0.289 e. The number of benzene rings is 1. The highest BCUT2D eigenvalue weighted by molar-refractivity contribution is 8.01. The number of rotatable bonds is 4. The Morgan fingerprint density at radius 2 is 1.96 bits per heavy atom. The molecule has 2 aromatic heterocycles. The largest absolute Gasteiger partial charge is 0.497 e. The Labute approximate surface area is 153 Å². The van der Waals surface area contributed by atoms with Crippen molar-refractivity contribution in [3.05, 3.63) is 62.8 Å². The summed E-state index contributed by atoms with van der Waals surface area (Å²) in [7, 11) is 1.58. The van der Waals surface area contributed by atoms with Gasteiger partial charge < -0.3 is 4.74 Å². The molecule has 0 spiro atoms. The molecule has 126 valence electrons. The Hall–Kier alpha value is -2.56. The minimum absolute atomic E-state index is 0.113. The van der Waals surface area contributed by atoms with E-state index in [4.69, 9.17) is 4.74 Å². The lowest BCUT2D eigenvalue weighted by atomic mass is 10.2. The monoisotopic (exact) mass is 369 g/mol. The van der Waals surface area contributed by atoms with Crippen LogP contribution in [-0.4, -0.2) is 16.9 Å². The van der Waals surface area contributed by atoms with Crippen LogP contribution in [0.15, 0.2) is 49.7 Å². The Kier molecular flexibility index (Phi) is 4.93. The van der Waals surface area contributed by atoms with Crippen LogP contribution in [0, 0.1) is 25.2 Å². The predicted octanol–water partition coefficient (Wildman–Crippen LogP) is 3.94. The van der Waals surface area contributed by atoms with Crippen LogP contribution in [0.1, 0.15) is 16.7 Å². The van der Waals surface area contributed by atoms with Crippen molar-refractivity contribution in [2.75, 3.05) is 7.11 Å². The van der Waals surface area contributed by atoms with Crippen LogP contribution in [0.5, 0.6) is 5.75 Å². The van der Waals surface area contributed by atoms with Crippen LogP contribution in [0.25, 0.3) is 5.69 Å². The Balaban J connectivity index is 2.15. The lowest BCUT2D eigenvalue weighted by molar-refractivity contribution is 0.414. The summed E-state index contributed by atoms with van der Waals surface area (Å²) in [5.74, 6) is 0.688. The molecule has 0 unspecified atom stereocenters. The van der Waals surface area contributed by atoms with Crippen LogP contribution >= 0.6 is 23.1 Å². The first-order valence-electron chi connectivity index (χ1n) is 7.45. The molecule has 0 aliphatic heterocycles. The van der Waals surface area contributed by atoms with Crippen molar-refractivity contribution in [3.63, 3.8) is 0 Å². The molecule has 3 aromatic rings. The highest BCUT2D eigenvalue weighted by Crippen LogP contribution is 2.35. The molecule has 0 aliphatic carbocycles. The lowest BCUT2D eigenvalue weighted by Crippen LogP contribution is -2.25. The SMILES string of the molecule is COc1ccc(-n2nc(Sc3sccc3C)c(C)c(C#N)c2=O)cc1. The van der Waals surface area contributed by atoms with E-state index in [1.165, 1.54) is 16.4 Å². The lowest BCUT2D eigenvalue weighted by Gasteiger charge is -2.11. The summed E-state index contributed by atoms with van der Waals surface area (Å²) in [6.07, 6.45) is 0. The first kappa shape index (κ1) is 17.3. The van der Waals surface area contributed by atoms with Crippen molar-refractivity contribution >= 4 is 23.1 Å². The second-order valence-electron chi connectivity index (χ2n) is 5.33. The second kappa shape index (κ2) is 7.13. The maximum absolute atomic E-state index is 12.6. The van der Waals surface area contributed by atoms with Crippen molar-refractivity contribution in [3.8, 4) is 17.5 Å². The van der Waals surface area contributed by atoms with Gasteiger partial charge in [-0.2, -0.15) is 15.0 Å². The molecule has 0 fully saturated rings. The molecule has 0 radical (unpaired) electrons. The molecule has 0 bridgehead atoms. The normalized spacial score (nSPS) is 10.5. The zero-order valence-corrected chi connectivity index (χ0v) is 15.6. The number of hydrogen-bond acceptors (Lipinski definition) is 6. The van der Waals surface area contributed by atoms with E-state index >= 15 is 0 Å². The van der Waals surface area contributed by atoms with E-state index in [0.717, 1.165) is 9.77 Å². The molecule has 0 saturated heterocycles. The maximum atomic E-state index is 12.6. The minimum Gasteiger partial charge on any atom is -0.497 e. The Morgan fingerprint density at radius 1 is 1.24 bits per heavy atom. The summed E-state index contributed by atoms with van der Waals surface area (Å²) in [6.45, 7) is 3.79. The second-order valence-corrected chi connectivity index (χ2v) is 7.50. The molecular formula is C18H15N3O2S2. The van der Waals surface area contributed by atoms with Gasteiger partial charge in [-0.1, -0.05) is 11.8 Å². The third-order valence-corrected chi connectivity index (χ3v) is 6.16. The Morgan fingerprint density at radius 3 is 2.52 bits per heavy atom. The fourth-order valence-corrected chi connectivity index (χ4v) is 4.29. The van der Waals surface area contributed by atoms with Crippen LogP contribution < -0.4 is 10.3 Å². The summed E-state index contributed by atoms with van der Waals surface area (Å²) < 4.78 is 7.51. The fourth-order valence-electron chi connectivity index (χ4n) is 2.26. The summed E-state index contributed by atoms with van der Waals surface area (Å²) in [5, 5.41) is 16.6. The molecule has 5 nitrogen and oxygen atoms in total. The van der Waals surface area contributed by atoms with E-state index in [0.29, 0.717) is 22.0 Å². The summed E-state index contributed by atoms with van der Waals surface area (Å²) >= 11 is 3.09. The molecule has 25 heavy (non-hydrogen) atoms. The number of nitrogens with zero attached hydrogens (tertiary/aromatic N) is 3. The van der Waals surface area contributed by atoms with Gasteiger partial charge in [0.15, 0.2) is 0 Å². The average molecular weight is 369 g/mol. The number of aryl methyl sites for hydroxylation is 1. The van der Waals surface area contributed by atoms with E-state index in [2.05, 4.69) is 5.10 Å². The standard InChI is InChI=1S/C18H15N3O2S2/c1-11-8-9-24-18(11)25-16-12(2)15(10-19)17(22)21(20-16)13-4-6-14(23-3)7-5-13/h4-9H,1-3H3. The van der Waals surface area contributed by atoms with Crippen LogP contribution in [0.2, 0.25) is 0 Å². The minimum atomic E-state index is -0.419. The number of aromatic nitrogens is 2. The zero-order valence-electron chi connectivity index (χ0n) is 13.9.